The summed E-state index contributed by atoms with van der Waals surface area (Å²) in [7, 11) is 6.75. The van der Waals surface area contributed by atoms with Gasteiger partial charge in [0.1, 0.15) is 0 Å². The Hall–Kier alpha value is -2.56. The fourth-order valence-electron chi connectivity index (χ4n) is 5.61. The molecule has 1 aromatic carbocycles. The fourth-order valence-corrected chi connectivity index (χ4v) is 5.61. The first-order valence-electron chi connectivity index (χ1n) is 15.5. The second kappa shape index (κ2) is 18.3. The number of piperidine rings is 1. The van der Waals surface area contributed by atoms with Gasteiger partial charge < -0.3 is 34.2 Å². The van der Waals surface area contributed by atoms with E-state index in [0.29, 0.717) is 61.6 Å². The highest BCUT2D eigenvalue weighted by molar-refractivity contribution is 5.95. The topological polar surface area (TPSA) is 101 Å². The number of ether oxygens (including phenoxy) is 3. The van der Waals surface area contributed by atoms with Gasteiger partial charge in [-0.15, -0.1) is 12.4 Å². The molecule has 11 heteroatoms. The molecule has 1 N–H and O–H groups in total. The number of nitrogens with one attached hydrogen (secondary N) is 1. The highest BCUT2D eigenvalue weighted by Gasteiger charge is 2.34. The summed E-state index contributed by atoms with van der Waals surface area (Å²) in [5, 5.41) is 3.67. The molecule has 3 rings (SSSR count). The zero-order valence-electron chi connectivity index (χ0n) is 26.9. The molecule has 0 bridgehead atoms. The van der Waals surface area contributed by atoms with Gasteiger partial charge in [-0.2, -0.15) is 0 Å². The number of carbonyl (C=O) groups is 3. The van der Waals surface area contributed by atoms with Crippen molar-refractivity contribution < 1.29 is 28.6 Å². The minimum absolute atomic E-state index is 0. The summed E-state index contributed by atoms with van der Waals surface area (Å²) in [6.07, 6.45) is 7.05. The Balaban J connectivity index is 0.00000645. The monoisotopic (exact) mass is 624 g/mol. The standard InChI is InChI=1S/C32H52N4O6.ClH/c1-23(2)36(32(39)24-11-16-28(41-6)29(21-24)42-20-8-19-40-5)27-13-12-25(33-22-27)17-18-35(26-14-15-26)31(38)10-7-9-30(37)34(3)4;/h11,16,21,23,25-27,33H,7-10,12-15,17-20,22H2,1-6H3;1H. The van der Waals surface area contributed by atoms with Gasteiger partial charge in [-0.05, 0) is 70.6 Å². The van der Waals surface area contributed by atoms with Crippen molar-refractivity contribution in [2.24, 2.45) is 0 Å². The number of hydrogen-bond acceptors (Lipinski definition) is 7. The molecule has 2 aliphatic rings. The lowest BCUT2D eigenvalue weighted by molar-refractivity contribution is -0.132. The van der Waals surface area contributed by atoms with Crippen LogP contribution in [-0.2, 0) is 14.3 Å². The van der Waals surface area contributed by atoms with E-state index in [1.54, 1.807) is 51.4 Å². The molecule has 2 fully saturated rings. The molecule has 2 unspecified atom stereocenters. The second-order valence-electron chi connectivity index (χ2n) is 12.0. The van der Waals surface area contributed by atoms with Crippen molar-refractivity contribution in [1.82, 2.24) is 20.0 Å². The SMILES string of the molecule is COCCCOc1cc(C(=O)N(C(C)C)C2CCC(CCN(C(=O)CCCC(=O)N(C)C)C3CC3)NC2)ccc1OC.Cl. The molecule has 0 spiro atoms. The number of nitrogens with zero attached hydrogens (tertiary/aromatic N) is 3. The summed E-state index contributed by atoms with van der Waals surface area (Å²) in [5.74, 6) is 1.37. The maximum atomic E-state index is 13.7. The number of halogens is 1. The van der Waals surface area contributed by atoms with Gasteiger partial charge in [-0.1, -0.05) is 0 Å². The summed E-state index contributed by atoms with van der Waals surface area (Å²) in [6, 6.07) is 6.15. The molecule has 0 radical (unpaired) electrons. The van der Waals surface area contributed by atoms with E-state index in [9.17, 15) is 14.4 Å². The van der Waals surface area contributed by atoms with E-state index in [-0.39, 0.29) is 42.2 Å². The van der Waals surface area contributed by atoms with E-state index in [1.165, 1.54) is 0 Å². The van der Waals surface area contributed by atoms with Crippen LogP contribution in [-0.4, -0.2) is 111 Å². The first-order valence-corrected chi connectivity index (χ1v) is 15.5. The number of amides is 3. The van der Waals surface area contributed by atoms with Crippen LogP contribution < -0.4 is 14.8 Å². The lowest BCUT2D eigenvalue weighted by Gasteiger charge is -2.40. The lowest BCUT2D eigenvalue weighted by atomic mass is 9.95. The number of hydrogen-bond donors (Lipinski definition) is 1. The number of benzene rings is 1. The Bertz CT molecular complexity index is 1030. The summed E-state index contributed by atoms with van der Waals surface area (Å²) in [6.45, 7) is 6.64. The predicted molar refractivity (Wildman–Crippen MR) is 170 cm³/mol. The average Bonchev–Trinajstić information content (AvgIpc) is 3.81. The second-order valence-corrected chi connectivity index (χ2v) is 12.0. The Morgan fingerprint density at radius 2 is 1.63 bits per heavy atom. The van der Waals surface area contributed by atoms with Gasteiger partial charge in [0.2, 0.25) is 11.8 Å². The molecule has 1 aliphatic carbocycles. The highest BCUT2D eigenvalue weighted by Crippen LogP contribution is 2.31. The van der Waals surface area contributed by atoms with Crippen LogP contribution in [0.25, 0.3) is 0 Å². The Morgan fingerprint density at radius 1 is 0.930 bits per heavy atom. The van der Waals surface area contributed by atoms with Crippen molar-refractivity contribution in [3.8, 4) is 11.5 Å². The van der Waals surface area contributed by atoms with Crippen molar-refractivity contribution in [2.75, 3.05) is 54.6 Å². The molecular formula is C32H53ClN4O6. The van der Waals surface area contributed by atoms with Gasteiger partial charge in [-0.3, -0.25) is 14.4 Å². The molecule has 1 aromatic rings. The van der Waals surface area contributed by atoms with Crippen LogP contribution in [0.2, 0.25) is 0 Å². The number of carbonyl (C=O) groups excluding carboxylic acids is 3. The van der Waals surface area contributed by atoms with Crippen LogP contribution >= 0.6 is 12.4 Å². The van der Waals surface area contributed by atoms with Crippen LogP contribution in [0.15, 0.2) is 18.2 Å². The van der Waals surface area contributed by atoms with Crippen LogP contribution in [0, 0.1) is 0 Å². The first-order chi connectivity index (χ1) is 20.2. The highest BCUT2D eigenvalue weighted by atomic mass is 35.5. The number of rotatable bonds is 17. The lowest BCUT2D eigenvalue weighted by Crippen LogP contribution is -2.54. The van der Waals surface area contributed by atoms with Gasteiger partial charge in [-0.25, -0.2) is 0 Å². The molecule has 0 aromatic heterocycles. The van der Waals surface area contributed by atoms with Crippen LogP contribution in [0.5, 0.6) is 11.5 Å². The van der Waals surface area contributed by atoms with Crippen molar-refractivity contribution in [3.05, 3.63) is 23.8 Å². The normalized spacial score (nSPS) is 18.0. The van der Waals surface area contributed by atoms with Crippen LogP contribution in [0.4, 0.5) is 0 Å². The third-order valence-electron chi connectivity index (χ3n) is 8.14. The minimum Gasteiger partial charge on any atom is -0.493 e. The quantitative estimate of drug-likeness (QED) is 0.260. The van der Waals surface area contributed by atoms with Crippen molar-refractivity contribution in [2.45, 2.75) is 95.8 Å². The van der Waals surface area contributed by atoms with E-state index in [0.717, 1.165) is 51.6 Å². The van der Waals surface area contributed by atoms with Gasteiger partial charge in [0.05, 0.1) is 13.7 Å². The zero-order valence-corrected chi connectivity index (χ0v) is 27.7. The van der Waals surface area contributed by atoms with E-state index in [4.69, 9.17) is 14.2 Å². The van der Waals surface area contributed by atoms with Gasteiger partial charge in [0, 0.05) is 89.9 Å². The molecule has 1 saturated carbocycles. The van der Waals surface area contributed by atoms with E-state index < -0.39 is 0 Å². The Kier molecular flexibility index (Phi) is 15.6. The molecule has 1 aliphatic heterocycles. The molecule has 2 atom stereocenters. The third kappa shape index (κ3) is 11.1. The molecule has 3 amide bonds. The fraction of sp³-hybridized carbons (Fsp3) is 0.719. The van der Waals surface area contributed by atoms with Crippen LogP contribution in [0.1, 0.15) is 82.0 Å². The molecule has 1 heterocycles. The maximum absolute atomic E-state index is 13.7. The Labute approximate surface area is 264 Å². The smallest absolute Gasteiger partial charge is 0.254 e. The largest absolute Gasteiger partial charge is 0.493 e. The first kappa shape index (κ1) is 36.6. The van der Waals surface area contributed by atoms with Gasteiger partial charge >= 0.3 is 0 Å². The predicted octanol–water partition coefficient (Wildman–Crippen LogP) is 4.14. The van der Waals surface area contributed by atoms with Crippen molar-refractivity contribution >= 4 is 30.1 Å². The summed E-state index contributed by atoms with van der Waals surface area (Å²) in [4.78, 5) is 44.1. The average molecular weight is 625 g/mol. The van der Waals surface area contributed by atoms with Gasteiger partial charge in [0.25, 0.3) is 5.91 Å². The van der Waals surface area contributed by atoms with Gasteiger partial charge in [0.15, 0.2) is 11.5 Å². The summed E-state index contributed by atoms with van der Waals surface area (Å²) >= 11 is 0. The number of methoxy groups -OCH3 is 2. The molecule has 10 nitrogen and oxygen atoms in total. The third-order valence-corrected chi connectivity index (χ3v) is 8.14. The summed E-state index contributed by atoms with van der Waals surface area (Å²) < 4.78 is 16.5. The molecule has 43 heavy (non-hydrogen) atoms. The van der Waals surface area contributed by atoms with Crippen molar-refractivity contribution in [3.63, 3.8) is 0 Å². The van der Waals surface area contributed by atoms with Crippen LogP contribution in [0.3, 0.4) is 0 Å². The van der Waals surface area contributed by atoms with E-state index in [1.807, 2.05) is 9.80 Å². The Morgan fingerprint density at radius 3 is 2.21 bits per heavy atom. The molecule has 1 saturated heterocycles. The van der Waals surface area contributed by atoms with E-state index >= 15 is 0 Å². The summed E-state index contributed by atoms with van der Waals surface area (Å²) in [5.41, 5.74) is 0.583. The molecule has 244 valence electrons. The van der Waals surface area contributed by atoms with Crippen molar-refractivity contribution in [1.29, 1.82) is 0 Å². The maximum Gasteiger partial charge on any atom is 0.254 e. The van der Waals surface area contributed by atoms with E-state index in [2.05, 4.69) is 19.2 Å². The molecular weight excluding hydrogens is 572 g/mol. The zero-order chi connectivity index (χ0) is 30.6. The minimum atomic E-state index is -0.0158.